The summed E-state index contributed by atoms with van der Waals surface area (Å²) in [6, 6.07) is 16.1. The van der Waals surface area contributed by atoms with E-state index in [4.69, 9.17) is 0 Å². The summed E-state index contributed by atoms with van der Waals surface area (Å²) in [5.41, 5.74) is 4.35. The van der Waals surface area contributed by atoms with Gasteiger partial charge >= 0.3 is 5.82 Å². The molecule has 0 aliphatic carbocycles. The molecule has 0 spiro atoms. The van der Waals surface area contributed by atoms with Gasteiger partial charge in [0.1, 0.15) is 11.7 Å². The Balaban J connectivity index is 2.09. The molecule has 3 aromatic rings. The number of aromatic nitrogens is 2. The zero-order chi connectivity index (χ0) is 25.4. The molecule has 2 N–H and O–H groups in total. The first-order valence-corrected chi connectivity index (χ1v) is 12.3. The summed E-state index contributed by atoms with van der Waals surface area (Å²) in [6.07, 6.45) is 2.84. The Labute approximate surface area is 207 Å². The lowest BCUT2D eigenvalue weighted by atomic mass is 10.0. The Hall–Kier alpha value is -3.52. The number of aryl methyl sites for hydroxylation is 1. The highest BCUT2D eigenvalue weighted by molar-refractivity contribution is 5.92. The van der Waals surface area contributed by atoms with Crippen LogP contribution in [0.15, 0.2) is 65.0 Å². The Morgan fingerprint density at radius 3 is 2.43 bits per heavy atom. The van der Waals surface area contributed by atoms with Gasteiger partial charge in [-0.05, 0) is 56.1 Å². The molecule has 1 aromatic heterocycles. The number of amides is 1. The van der Waals surface area contributed by atoms with E-state index in [2.05, 4.69) is 58.0 Å². The minimum Gasteiger partial charge on any atom is -0.394 e. The van der Waals surface area contributed by atoms with Crippen molar-refractivity contribution in [2.75, 3.05) is 29.9 Å². The lowest BCUT2D eigenvalue weighted by Crippen LogP contribution is -2.48. The van der Waals surface area contributed by atoms with Crippen molar-refractivity contribution in [2.45, 2.75) is 53.6 Å². The first-order chi connectivity index (χ1) is 16.9. The van der Waals surface area contributed by atoms with Crippen LogP contribution in [-0.4, -0.2) is 35.4 Å². The van der Waals surface area contributed by atoms with E-state index < -0.39 is 0 Å². The molecule has 0 radical (unpaired) electrons. The molecule has 0 aliphatic heterocycles. The minimum atomic E-state index is -0.159. The van der Waals surface area contributed by atoms with Crippen LogP contribution >= 0.6 is 0 Å². The first kappa shape index (κ1) is 26.1. The van der Waals surface area contributed by atoms with Gasteiger partial charge in [0.05, 0.1) is 35.7 Å². The van der Waals surface area contributed by atoms with E-state index in [1.54, 1.807) is 0 Å². The van der Waals surface area contributed by atoms with Gasteiger partial charge in [0.25, 0.3) is 0 Å². The average molecular weight is 478 g/mol. The third-order valence-corrected chi connectivity index (χ3v) is 6.06. The summed E-state index contributed by atoms with van der Waals surface area (Å²) in [5, 5.41) is 21.8. The van der Waals surface area contributed by atoms with Crippen LogP contribution in [-0.2, 0) is 11.3 Å². The first-order valence-electron chi connectivity index (χ1n) is 12.3. The van der Waals surface area contributed by atoms with Crippen molar-refractivity contribution in [1.29, 1.82) is 0 Å². The Morgan fingerprint density at radius 2 is 1.83 bits per heavy atom. The number of carbonyl (C=O) groups excluding carboxylic acids is 1. The SMILES string of the molecule is CCC(c1ccccc1)[n+]1c(N=Nc2ccc(N(CC)CC)cc2NC(C)=O)c(C)cn1CCO. The highest BCUT2D eigenvalue weighted by Crippen LogP contribution is 2.32. The molecule has 0 saturated heterocycles. The van der Waals surface area contributed by atoms with E-state index in [9.17, 15) is 9.90 Å². The van der Waals surface area contributed by atoms with Crippen LogP contribution in [0.5, 0.6) is 0 Å². The van der Waals surface area contributed by atoms with Gasteiger partial charge < -0.3 is 15.3 Å². The number of anilines is 2. The lowest BCUT2D eigenvalue weighted by molar-refractivity contribution is -0.779. The normalized spacial score (nSPS) is 12.2. The molecular weight excluding hydrogens is 440 g/mol. The Bertz CT molecular complexity index is 1150. The summed E-state index contributed by atoms with van der Waals surface area (Å²) in [6.45, 7) is 12.0. The van der Waals surface area contributed by atoms with Crippen LogP contribution in [0.2, 0.25) is 0 Å². The maximum atomic E-state index is 11.9. The summed E-state index contributed by atoms with van der Waals surface area (Å²) in [7, 11) is 0. The Kier molecular flexibility index (Phi) is 9.14. The number of nitrogens with one attached hydrogen (secondary N) is 1. The van der Waals surface area contributed by atoms with Gasteiger partial charge in [-0.1, -0.05) is 37.3 Å². The van der Waals surface area contributed by atoms with E-state index in [1.165, 1.54) is 6.92 Å². The number of benzene rings is 2. The summed E-state index contributed by atoms with van der Waals surface area (Å²) in [5.74, 6) is 0.560. The van der Waals surface area contributed by atoms with Crippen LogP contribution in [0.25, 0.3) is 0 Å². The number of aliphatic hydroxyl groups excluding tert-OH is 1. The second-order valence-corrected chi connectivity index (χ2v) is 8.46. The second-order valence-electron chi connectivity index (χ2n) is 8.46. The largest absolute Gasteiger partial charge is 0.394 e. The summed E-state index contributed by atoms with van der Waals surface area (Å²) in [4.78, 5) is 14.1. The predicted octanol–water partition coefficient (Wildman–Crippen LogP) is 5.30. The molecule has 3 rings (SSSR count). The van der Waals surface area contributed by atoms with Crippen LogP contribution in [0.4, 0.5) is 22.9 Å². The molecule has 1 atom stereocenters. The third-order valence-electron chi connectivity index (χ3n) is 6.06. The lowest BCUT2D eigenvalue weighted by Gasteiger charge is -2.22. The fraction of sp³-hybridized carbons (Fsp3) is 0.407. The molecular formula is C27H37N6O2+. The molecule has 2 aromatic carbocycles. The van der Waals surface area contributed by atoms with Gasteiger partial charge in [-0.25, -0.2) is 4.68 Å². The maximum Gasteiger partial charge on any atom is 0.374 e. The minimum absolute atomic E-state index is 0.0232. The standard InChI is InChI=1S/C27H36N6O2/c1-6-26(22-12-10-9-11-13-22)33-27(20(4)19-32(33)16-17-34)30-29-24-15-14-23(31(7-2)8-3)18-25(24)28-21(5)35/h9-15,18-19,26,34H,6-8,16-17H2,1-5H3/p+1. The van der Waals surface area contributed by atoms with Crippen molar-refractivity contribution in [3.05, 3.63) is 65.9 Å². The van der Waals surface area contributed by atoms with E-state index >= 15 is 0 Å². The van der Waals surface area contributed by atoms with Gasteiger partial charge in [-0.15, -0.1) is 4.68 Å². The smallest absolute Gasteiger partial charge is 0.374 e. The average Bonchev–Trinajstić information content (AvgIpc) is 3.15. The van der Waals surface area contributed by atoms with Crippen molar-refractivity contribution in [1.82, 2.24) is 4.68 Å². The molecule has 8 nitrogen and oxygen atoms in total. The van der Waals surface area contributed by atoms with Crippen LogP contribution in [0, 0.1) is 6.92 Å². The number of azo groups is 1. The predicted molar refractivity (Wildman–Crippen MR) is 140 cm³/mol. The van der Waals surface area contributed by atoms with Crippen LogP contribution in [0.1, 0.15) is 51.3 Å². The Morgan fingerprint density at radius 1 is 1.11 bits per heavy atom. The highest BCUT2D eigenvalue weighted by atomic mass is 16.3. The molecule has 1 heterocycles. The molecule has 8 heteroatoms. The van der Waals surface area contributed by atoms with Crippen molar-refractivity contribution < 1.29 is 14.6 Å². The van der Waals surface area contributed by atoms with Gasteiger partial charge in [0.2, 0.25) is 5.91 Å². The molecule has 35 heavy (non-hydrogen) atoms. The molecule has 0 saturated carbocycles. The number of hydrogen-bond acceptors (Lipinski definition) is 5. The number of nitrogens with zero attached hydrogens (tertiary/aromatic N) is 5. The number of carbonyl (C=O) groups is 1. The molecule has 1 amide bonds. The van der Waals surface area contributed by atoms with Crippen molar-refractivity contribution >= 4 is 28.8 Å². The summed E-state index contributed by atoms with van der Waals surface area (Å²) >= 11 is 0. The third kappa shape index (κ3) is 6.14. The molecule has 1 unspecified atom stereocenters. The van der Waals surface area contributed by atoms with Crippen LogP contribution in [0.3, 0.4) is 0 Å². The monoisotopic (exact) mass is 477 g/mol. The van der Waals surface area contributed by atoms with E-state index in [0.717, 1.165) is 42.1 Å². The van der Waals surface area contributed by atoms with Crippen molar-refractivity contribution in [3.8, 4) is 0 Å². The fourth-order valence-corrected chi connectivity index (χ4v) is 4.38. The van der Waals surface area contributed by atoms with Gasteiger partial charge in [0.15, 0.2) is 0 Å². The van der Waals surface area contributed by atoms with Gasteiger partial charge in [0, 0.05) is 25.7 Å². The van der Waals surface area contributed by atoms with Crippen LogP contribution < -0.4 is 14.9 Å². The number of hydrogen-bond donors (Lipinski definition) is 2. The molecule has 0 fully saturated rings. The zero-order valence-corrected chi connectivity index (χ0v) is 21.4. The fourth-order valence-electron chi connectivity index (χ4n) is 4.38. The maximum absolute atomic E-state index is 11.9. The second kappa shape index (κ2) is 12.3. The quantitative estimate of drug-likeness (QED) is 0.290. The van der Waals surface area contributed by atoms with E-state index in [1.807, 2.05) is 54.2 Å². The topological polar surface area (TPSA) is 86.1 Å². The molecule has 0 bridgehead atoms. The molecule has 186 valence electrons. The number of aliphatic hydroxyl groups is 1. The number of rotatable bonds is 11. The highest BCUT2D eigenvalue weighted by Gasteiger charge is 2.28. The summed E-state index contributed by atoms with van der Waals surface area (Å²) < 4.78 is 4.11. The van der Waals surface area contributed by atoms with E-state index in [0.29, 0.717) is 17.9 Å². The van der Waals surface area contributed by atoms with Crippen molar-refractivity contribution in [3.63, 3.8) is 0 Å². The van der Waals surface area contributed by atoms with E-state index in [-0.39, 0.29) is 18.6 Å². The molecule has 0 aliphatic rings. The zero-order valence-electron chi connectivity index (χ0n) is 21.4. The van der Waals surface area contributed by atoms with Gasteiger partial charge in [-0.2, -0.15) is 0 Å². The van der Waals surface area contributed by atoms with Gasteiger partial charge in [-0.3, -0.25) is 4.79 Å². The van der Waals surface area contributed by atoms with Crippen molar-refractivity contribution in [2.24, 2.45) is 10.2 Å².